The fraction of sp³-hybridized carbons (Fsp3) is 0.250. The molecule has 1 aliphatic carbocycles. The topological polar surface area (TPSA) is 47.8 Å². The predicted molar refractivity (Wildman–Crippen MR) is 105 cm³/mol. The molecule has 0 amide bonds. The SMILES string of the molecule is O=c1nc(SCc2ccc(Cl)cc2)c2c(n1Cc1ccncc1)CCC2. The van der Waals surface area contributed by atoms with Crippen LogP contribution in [0, 0.1) is 0 Å². The normalized spacial score (nSPS) is 13.0. The smallest absolute Gasteiger partial charge is 0.292 e. The van der Waals surface area contributed by atoms with E-state index in [9.17, 15) is 4.79 Å². The van der Waals surface area contributed by atoms with Crippen LogP contribution in [0.1, 0.15) is 28.8 Å². The molecule has 132 valence electrons. The van der Waals surface area contributed by atoms with Gasteiger partial charge in [0.1, 0.15) is 5.03 Å². The van der Waals surface area contributed by atoms with Crippen molar-refractivity contribution in [2.24, 2.45) is 0 Å². The summed E-state index contributed by atoms with van der Waals surface area (Å²) in [5.41, 5.74) is 4.45. The second-order valence-electron chi connectivity index (χ2n) is 6.34. The van der Waals surface area contributed by atoms with Crippen molar-refractivity contribution < 1.29 is 0 Å². The first-order chi connectivity index (χ1) is 12.7. The summed E-state index contributed by atoms with van der Waals surface area (Å²) in [6, 6.07) is 11.7. The highest BCUT2D eigenvalue weighted by molar-refractivity contribution is 7.98. The van der Waals surface area contributed by atoms with Crippen molar-refractivity contribution in [1.29, 1.82) is 0 Å². The third-order valence-corrected chi connectivity index (χ3v) is 5.92. The van der Waals surface area contributed by atoms with Gasteiger partial charge in [0.2, 0.25) is 0 Å². The van der Waals surface area contributed by atoms with Gasteiger partial charge in [-0.2, -0.15) is 4.98 Å². The van der Waals surface area contributed by atoms with Gasteiger partial charge in [0.15, 0.2) is 0 Å². The number of thioether (sulfide) groups is 1. The average Bonchev–Trinajstić information content (AvgIpc) is 3.15. The van der Waals surface area contributed by atoms with Crippen LogP contribution in [0.3, 0.4) is 0 Å². The van der Waals surface area contributed by atoms with Gasteiger partial charge in [0, 0.05) is 34.4 Å². The number of benzene rings is 1. The highest BCUT2D eigenvalue weighted by Crippen LogP contribution is 2.31. The van der Waals surface area contributed by atoms with E-state index in [0.29, 0.717) is 6.54 Å². The Balaban J connectivity index is 1.61. The first-order valence-corrected chi connectivity index (χ1v) is 9.96. The third-order valence-electron chi connectivity index (χ3n) is 4.58. The Morgan fingerprint density at radius 2 is 1.81 bits per heavy atom. The molecule has 0 aliphatic heterocycles. The lowest BCUT2D eigenvalue weighted by atomic mass is 10.2. The Bertz CT molecular complexity index is 971. The highest BCUT2D eigenvalue weighted by atomic mass is 35.5. The largest absolute Gasteiger partial charge is 0.349 e. The zero-order valence-corrected chi connectivity index (χ0v) is 15.8. The van der Waals surface area contributed by atoms with Crippen LogP contribution in [0.5, 0.6) is 0 Å². The standard InChI is InChI=1S/C20H18ClN3OS/c21-16-6-4-15(5-7-16)13-26-19-17-2-1-3-18(17)24(20(25)23-19)12-14-8-10-22-11-9-14/h4-11H,1-3,12-13H2. The fourth-order valence-electron chi connectivity index (χ4n) is 3.27. The Hall–Kier alpha value is -2.11. The first-order valence-electron chi connectivity index (χ1n) is 8.59. The molecular formula is C20H18ClN3OS. The Labute approximate surface area is 161 Å². The second-order valence-corrected chi connectivity index (χ2v) is 7.74. The molecule has 4 nitrogen and oxygen atoms in total. The van der Waals surface area contributed by atoms with Crippen LogP contribution >= 0.6 is 23.4 Å². The summed E-state index contributed by atoms with van der Waals surface area (Å²) in [6.45, 7) is 0.554. The third kappa shape index (κ3) is 3.69. The molecule has 0 radical (unpaired) electrons. The molecule has 2 aromatic heterocycles. The number of aromatic nitrogens is 3. The first kappa shape index (κ1) is 17.3. The summed E-state index contributed by atoms with van der Waals surface area (Å²) in [7, 11) is 0. The molecule has 0 atom stereocenters. The molecule has 0 unspecified atom stereocenters. The van der Waals surface area contributed by atoms with Crippen molar-refractivity contribution in [1.82, 2.24) is 14.5 Å². The summed E-state index contributed by atoms with van der Waals surface area (Å²) in [4.78, 5) is 21.1. The molecule has 0 spiro atoms. The van der Waals surface area contributed by atoms with E-state index in [1.165, 1.54) is 11.1 Å². The fourth-order valence-corrected chi connectivity index (χ4v) is 4.43. The minimum Gasteiger partial charge on any atom is -0.292 e. The van der Waals surface area contributed by atoms with Gasteiger partial charge in [-0.25, -0.2) is 4.79 Å². The zero-order valence-electron chi connectivity index (χ0n) is 14.2. The number of fused-ring (bicyclic) bond motifs is 1. The summed E-state index contributed by atoms with van der Waals surface area (Å²) >= 11 is 7.58. The van der Waals surface area contributed by atoms with E-state index in [1.54, 1.807) is 24.2 Å². The molecule has 6 heteroatoms. The van der Waals surface area contributed by atoms with E-state index in [0.717, 1.165) is 46.3 Å². The van der Waals surface area contributed by atoms with Gasteiger partial charge < -0.3 is 0 Å². The monoisotopic (exact) mass is 383 g/mol. The number of nitrogens with zero attached hydrogens (tertiary/aromatic N) is 3. The molecule has 26 heavy (non-hydrogen) atoms. The summed E-state index contributed by atoms with van der Waals surface area (Å²) in [5.74, 6) is 0.782. The number of halogens is 1. The van der Waals surface area contributed by atoms with Crippen molar-refractivity contribution in [3.8, 4) is 0 Å². The van der Waals surface area contributed by atoms with E-state index < -0.39 is 0 Å². The van der Waals surface area contributed by atoms with Crippen molar-refractivity contribution >= 4 is 23.4 Å². The van der Waals surface area contributed by atoms with Gasteiger partial charge in [-0.1, -0.05) is 23.7 Å². The lowest BCUT2D eigenvalue weighted by molar-refractivity contribution is 0.666. The maximum absolute atomic E-state index is 12.7. The predicted octanol–water partition coefficient (Wildman–Crippen LogP) is 4.12. The van der Waals surface area contributed by atoms with E-state index in [1.807, 2.05) is 41.0 Å². The van der Waals surface area contributed by atoms with Crippen LogP contribution in [0.2, 0.25) is 5.02 Å². The second kappa shape index (κ2) is 7.64. The van der Waals surface area contributed by atoms with E-state index in [-0.39, 0.29) is 5.69 Å². The Morgan fingerprint density at radius 1 is 1.04 bits per heavy atom. The van der Waals surface area contributed by atoms with Gasteiger partial charge >= 0.3 is 5.69 Å². The van der Waals surface area contributed by atoms with Gasteiger partial charge in [0.05, 0.1) is 6.54 Å². The molecule has 1 aliphatic rings. The van der Waals surface area contributed by atoms with E-state index in [2.05, 4.69) is 9.97 Å². The maximum Gasteiger partial charge on any atom is 0.349 e. The van der Waals surface area contributed by atoms with Gasteiger partial charge in [-0.05, 0) is 54.7 Å². The van der Waals surface area contributed by atoms with Crippen LogP contribution in [-0.4, -0.2) is 14.5 Å². The lowest BCUT2D eigenvalue weighted by Gasteiger charge is -2.14. The van der Waals surface area contributed by atoms with Crippen LogP contribution < -0.4 is 5.69 Å². The van der Waals surface area contributed by atoms with E-state index >= 15 is 0 Å². The molecule has 4 rings (SSSR count). The minimum absolute atomic E-state index is 0.166. The van der Waals surface area contributed by atoms with E-state index in [4.69, 9.17) is 11.6 Å². The van der Waals surface area contributed by atoms with Crippen molar-refractivity contribution in [3.63, 3.8) is 0 Å². The molecule has 0 fully saturated rings. The molecule has 0 saturated carbocycles. The lowest BCUT2D eigenvalue weighted by Crippen LogP contribution is -2.27. The molecule has 0 saturated heterocycles. The van der Waals surface area contributed by atoms with Crippen LogP contribution in [0.4, 0.5) is 0 Å². The molecule has 0 bridgehead atoms. The molecule has 2 heterocycles. The number of hydrogen-bond donors (Lipinski definition) is 0. The highest BCUT2D eigenvalue weighted by Gasteiger charge is 2.22. The Morgan fingerprint density at radius 3 is 2.58 bits per heavy atom. The molecule has 1 aromatic carbocycles. The number of rotatable bonds is 5. The van der Waals surface area contributed by atoms with Gasteiger partial charge in [-0.15, -0.1) is 11.8 Å². The molecule has 0 N–H and O–H groups in total. The summed E-state index contributed by atoms with van der Waals surface area (Å²) in [5, 5.41) is 1.61. The van der Waals surface area contributed by atoms with Crippen LogP contribution in [-0.2, 0) is 25.1 Å². The average molecular weight is 384 g/mol. The van der Waals surface area contributed by atoms with Crippen LogP contribution in [0.25, 0.3) is 0 Å². The number of pyridine rings is 1. The minimum atomic E-state index is -0.166. The molecule has 3 aromatic rings. The maximum atomic E-state index is 12.7. The Kier molecular flexibility index (Phi) is 5.09. The summed E-state index contributed by atoms with van der Waals surface area (Å²) in [6.07, 6.45) is 6.51. The summed E-state index contributed by atoms with van der Waals surface area (Å²) < 4.78 is 1.82. The molecular weight excluding hydrogens is 366 g/mol. The number of hydrogen-bond acceptors (Lipinski definition) is 4. The van der Waals surface area contributed by atoms with Gasteiger partial charge in [-0.3, -0.25) is 9.55 Å². The van der Waals surface area contributed by atoms with Crippen molar-refractivity contribution in [3.05, 3.63) is 86.7 Å². The van der Waals surface area contributed by atoms with Crippen molar-refractivity contribution in [2.75, 3.05) is 0 Å². The van der Waals surface area contributed by atoms with Gasteiger partial charge in [0.25, 0.3) is 0 Å². The van der Waals surface area contributed by atoms with Crippen LogP contribution in [0.15, 0.2) is 58.6 Å². The zero-order chi connectivity index (χ0) is 17.9. The van der Waals surface area contributed by atoms with Crippen molar-refractivity contribution in [2.45, 2.75) is 36.6 Å². The quantitative estimate of drug-likeness (QED) is 0.491.